The number of nitrogens with zero attached hydrogens (tertiary/aromatic N) is 4. The van der Waals surface area contributed by atoms with E-state index in [0.29, 0.717) is 10.8 Å². The molecular formula is C10H10ClFN6. The molecule has 6 nitrogen and oxygen atoms in total. The normalized spacial score (nSPS) is 11.1. The summed E-state index contributed by atoms with van der Waals surface area (Å²) in [6, 6.07) is 4.18. The number of nitrogen functional groups attached to an aromatic ring is 1. The molecule has 0 radical (unpaired) electrons. The van der Waals surface area contributed by atoms with Crippen molar-refractivity contribution < 1.29 is 4.39 Å². The molecule has 0 aliphatic heterocycles. The number of aryl methyl sites for hydroxylation is 1. The minimum absolute atomic E-state index is 0.256. The molecule has 1 heterocycles. The van der Waals surface area contributed by atoms with Gasteiger partial charge >= 0.3 is 0 Å². The van der Waals surface area contributed by atoms with Crippen LogP contribution in [0.4, 0.5) is 10.3 Å². The monoisotopic (exact) mass is 268 g/mol. The summed E-state index contributed by atoms with van der Waals surface area (Å²) in [6.07, 6.45) is 1.28. The quantitative estimate of drug-likeness (QED) is 0.503. The standard InChI is InChI=1S/C10H10ClFN6/c1-6-15-17-10(18(6)13)16-14-5-7-4-8(11)2-3-9(7)12/h2-5H,13H2,1H3,(H,16,17)/b14-5+. The van der Waals surface area contributed by atoms with Crippen LogP contribution < -0.4 is 11.3 Å². The second-order valence-electron chi connectivity index (χ2n) is 3.48. The number of nitrogens with two attached hydrogens (primary N) is 1. The fraction of sp³-hybridized carbons (Fsp3) is 0.100. The van der Waals surface area contributed by atoms with Gasteiger partial charge in [0.25, 0.3) is 5.95 Å². The minimum atomic E-state index is -0.421. The molecule has 0 amide bonds. The highest BCUT2D eigenvalue weighted by Gasteiger charge is 2.03. The van der Waals surface area contributed by atoms with Gasteiger partial charge in [-0.3, -0.25) is 0 Å². The van der Waals surface area contributed by atoms with Crippen molar-refractivity contribution in [2.45, 2.75) is 6.92 Å². The Balaban J connectivity index is 2.12. The molecule has 2 aromatic rings. The SMILES string of the molecule is Cc1nnc(N/N=C/c2cc(Cl)ccc2F)n1N. The Morgan fingerprint density at radius 1 is 1.50 bits per heavy atom. The zero-order valence-electron chi connectivity index (χ0n) is 9.43. The van der Waals surface area contributed by atoms with Gasteiger partial charge in [-0.2, -0.15) is 5.10 Å². The zero-order valence-corrected chi connectivity index (χ0v) is 10.2. The number of rotatable bonds is 3. The molecule has 94 valence electrons. The lowest BCUT2D eigenvalue weighted by Crippen LogP contribution is -2.13. The molecule has 0 atom stereocenters. The Labute approximate surface area is 107 Å². The van der Waals surface area contributed by atoms with Gasteiger partial charge in [0.1, 0.15) is 5.82 Å². The number of nitrogens with one attached hydrogen (secondary N) is 1. The smallest absolute Gasteiger partial charge is 0.263 e. The molecule has 2 rings (SSSR count). The molecule has 0 aliphatic rings. The highest BCUT2D eigenvalue weighted by molar-refractivity contribution is 6.30. The lowest BCUT2D eigenvalue weighted by molar-refractivity contribution is 0.626. The fourth-order valence-corrected chi connectivity index (χ4v) is 1.40. The van der Waals surface area contributed by atoms with Crippen LogP contribution in [0.15, 0.2) is 23.3 Å². The van der Waals surface area contributed by atoms with Gasteiger partial charge in [0.2, 0.25) is 0 Å². The molecule has 3 N–H and O–H groups in total. The lowest BCUT2D eigenvalue weighted by Gasteiger charge is -2.00. The predicted octanol–water partition coefficient (Wildman–Crippen LogP) is 1.54. The maximum absolute atomic E-state index is 13.3. The van der Waals surface area contributed by atoms with Crippen LogP contribution in [0.25, 0.3) is 0 Å². The number of hydrazone groups is 1. The minimum Gasteiger partial charge on any atom is -0.335 e. The van der Waals surface area contributed by atoms with E-state index in [2.05, 4.69) is 20.7 Å². The van der Waals surface area contributed by atoms with Gasteiger partial charge in [0.05, 0.1) is 6.21 Å². The molecular weight excluding hydrogens is 259 g/mol. The van der Waals surface area contributed by atoms with Crippen LogP contribution in [0.2, 0.25) is 5.02 Å². The van der Waals surface area contributed by atoms with Gasteiger partial charge < -0.3 is 5.84 Å². The summed E-state index contributed by atoms with van der Waals surface area (Å²) in [6.45, 7) is 1.69. The number of aromatic nitrogens is 3. The van der Waals surface area contributed by atoms with Crippen molar-refractivity contribution in [3.63, 3.8) is 0 Å². The summed E-state index contributed by atoms with van der Waals surface area (Å²) in [5, 5.41) is 11.7. The summed E-state index contributed by atoms with van der Waals surface area (Å²) >= 11 is 5.75. The molecule has 8 heteroatoms. The molecule has 0 fully saturated rings. The van der Waals surface area contributed by atoms with Gasteiger partial charge in [-0.25, -0.2) is 14.5 Å². The van der Waals surface area contributed by atoms with Gasteiger partial charge in [0.15, 0.2) is 5.82 Å². The third-order valence-corrected chi connectivity index (χ3v) is 2.43. The maximum Gasteiger partial charge on any atom is 0.263 e. The van der Waals surface area contributed by atoms with Crippen LogP contribution in [0.3, 0.4) is 0 Å². The highest BCUT2D eigenvalue weighted by atomic mass is 35.5. The lowest BCUT2D eigenvalue weighted by atomic mass is 10.2. The van der Waals surface area contributed by atoms with Crippen LogP contribution in [0, 0.1) is 12.7 Å². The second kappa shape index (κ2) is 5.01. The number of hydrogen-bond acceptors (Lipinski definition) is 5. The third kappa shape index (κ3) is 2.57. The van der Waals surface area contributed by atoms with Gasteiger partial charge in [-0.05, 0) is 25.1 Å². The van der Waals surface area contributed by atoms with E-state index in [1.54, 1.807) is 6.92 Å². The maximum atomic E-state index is 13.3. The summed E-state index contributed by atoms with van der Waals surface area (Å²) in [5.74, 6) is 5.96. The Hall–Kier alpha value is -2.15. The van der Waals surface area contributed by atoms with Crippen LogP contribution in [-0.2, 0) is 0 Å². The molecule has 18 heavy (non-hydrogen) atoms. The molecule has 0 saturated heterocycles. The highest BCUT2D eigenvalue weighted by Crippen LogP contribution is 2.13. The van der Waals surface area contributed by atoms with Gasteiger partial charge in [-0.15, -0.1) is 10.2 Å². The molecule has 1 aromatic heterocycles. The van der Waals surface area contributed by atoms with E-state index in [0.717, 1.165) is 0 Å². The third-order valence-electron chi connectivity index (χ3n) is 2.19. The van der Waals surface area contributed by atoms with E-state index in [9.17, 15) is 4.39 Å². The van der Waals surface area contributed by atoms with Gasteiger partial charge in [-0.1, -0.05) is 11.6 Å². The van der Waals surface area contributed by atoms with E-state index in [1.165, 1.54) is 29.1 Å². The Kier molecular flexibility index (Phi) is 3.42. The van der Waals surface area contributed by atoms with Crippen molar-refractivity contribution in [1.82, 2.24) is 14.9 Å². The Morgan fingerprint density at radius 2 is 2.28 bits per heavy atom. The average Bonchev–Trinajstić information content (AvgIpc) is 2.65. The van der Waals surface area contributed by atoms with Gasteiger partial charge in [0, 0.05) is 10.6 Å². The van der Waals surface area contributed by atoms with E-state index < -0.39 is 5.82 Å². The summed E-state index contributed by atoms with van der Waals surface area (Å²) in [4.78, 5) is 0. The second-order valence-corrected chi connectivity index (χ2v) is 3.91. The topological polar surface area (TPSA) is 81.1 Å². The van der Waals surface area contributed by atoms with Crippen molar-refractivity contribution >= 4 is 23.8 Å². The number of halogens is 2. The summed E-state index contributed by atoms with van der Waals surface area (Å²) < 4.78 is 14.6. The molecule has 0 unspecified atom stereocenters. The molecule has 0 saturated carbocycles. The summed E-state index contributed by atoms with van der Waals surface area (Å²) in [5.41, 5.74) is 2.81. The average molecular weight is 269 g/mol. The first-order valence-electron chi connectivity index (χ1n) is 4.99. The van der Waals surface area contributed by atoms with Crippen LogP contribution in [0.1, 0.15) is 11.4 Å². The van der Waals surface area contributed by atoms with Crippen molar-refractivity contribution in [1.29, 1.82) is 0 Å². The first kappa shape index (κ1) is 12.3. The Morgan fingerprint density at radius 3 is 2.94 bits per heavy atom. The van der Waals surface area contributed by atoms with E-state index in [1.807, 2.05) is 0 Å². The zero-order chi connectivity index (χ0) is 13.1. The molecule has 0 aliphatic carbocycles. The summed E-state index contributed by atoms with van der Waals surface area (Å²) in [7, 11) is 0. The van der Waals surface area contributed by atoms with Crippen molar-refractivity contribution in [3.8, 4) is 0 Å². The van der Waals surface area contributed by atoms with Crippen molar-refractivity contribution in [2.24, 2.45) is 5.10 Å². The molecule has 0 spiro atoms. The number of anilines is 1. The largest absolute Gasteiger partial charge is 0.335 e. The van der Waals surface area contributed by atoms with Crippen LogP contribution >= 0.6 is 11.6 Å². The van der Waals surface area contributed by atoms with Crippen molar-refractivity contribution in [2.75, 3.05) is 11.3 Å². The van der Waals surface area contributed by atoms with E-state index in [4.69, 9.17) is 17.4 Å². The predicted molar refractivity (Wildman–Crippen MR) is 67.5 cm³/mol. The van der Waals surface area contributed by atoms with E-state index in [-0.39, 0.29) is 11.5 Å². The number of benzene rings is 1. The number of hydrogen-bond donors (Lipinski definition) is 2. The molecule has 1 aromatic carbocycles. The van der Waals surface area contributed by atoms with Crippen molar-refractivity contribution in [3.05, 3.63) is 40.4 Å². The first-order chi connectivity index (χ1) is 8.58. The van der Waals surface area contributed by atoms with Crippen LogP contribution in [0.5, 0.6) is 0 Å². The first-order valence-corrected chi connectivity index (χ1v) is 5.37. The fourth-order valence-electron chi connectivity index (χ4n) is 1.22. The Bertz CT molecular complexity index is 594. The van der Waals surface area contributed by atoms with E-state index >= 15 is 0 Å². The molecule has 0 bridgehead atoms. The van der Waals surface area contributed by atoms with Crippen LogP contribution in [-0.4, -0.2) is 21.1 Å².